The maximum absolute atomic E-state index is 12.9. The lowest BCUT2D eigenvalue weighted by molar-refractivity contribution is 0.0941. The second kappa shape index (κ2) is 10.0. The molecule has 1 fully saturated rings. The molecule has 10 heteroatoms. The lowest BCUT2D eigenvalue weighted by Gasteiger charge is -2.16. The van der Waals surface area contributed by atoms with E-state index in [1.54, 1.807) is 6.07 Å². The van der Waals surface area contributed by atoms with E-state index in [-0.39, 0.29) is 59.3 Å². The highest BCUT2D eigenvalue weighted by atomic mass is 35.5. The Morgan fingerprint density at radius 3 is 2.64 bits per heavy atom. The van der Waals surface area contributed by atoms with Crippen LogP contribution in [0.4, 0.5) is 0 Å². The molecule has 1 saturated heterocycles. The van der Waals surface area contributed by atoms with Crippen LogP contribution in [0.25, 0.3) is 11.0 Å². The smallest absolute Gasteiger partial charge is 0.329 e. The van der Waals surface area contributed by atoms with Gasteiger partial charge in [-0.15, -0.1) is 24.8 Å². The van der Waals surface area contributed by atoms with E-state index in [1.807, 2.05) is 20.8 Å². The Bertz CT molecular complexity index is 949. The number of hydrogen-bond acceptors (Lipinski definition) is 5. The summed E-state index contributed by atoms with van der Waals surface area (Å²) in [4.78, 5) is 44.5. The molecule has 0 bridgehead atoms. The second-order valence-electron chi connectivity index (χ2n) is 7.02. The molecule has 8 nitrogen and oxygen atoms in total. The topological polar surface area (TPSA) is 109 Å². The number of nitrogens with one attached hydrogen (secondary N) is 3. The van der Waals surface area contributed by atoms with Crippen molar-refractivity contribution >= 4 is 41.8 Å². The van der Waals surface area contributed by atoms with E-state index in [1.165, 1.54) is 4.57 Å². The molecular weight excluding hydrogens is 405 g/mol. The Morgan fingerprint density at radius 1 is 1.36 bits per heavy atom. The predicted octanol–water partition coefficient (Wildman–Crippen LogP) is 1.55. The zero-order chi connectivity index (χ0) is 18.8. The summed E-state index contributed by atoms with van der Waals surface area (Å²) in [7, 11) is 0. The Hall–Kier alpha value is -1.90. The summed E-state index contributed by atoms with van der Waals surface area (Å²) >= 11 is 0. The molecule has 2 aromatic heterocycles. The number of H-pyrrole nitrogens is 1. The number of aromatic nitrogens is 3. The van der Waals surface area contributed by atoms with Crippen molar-refractivity contribution in [1.29, 1.82) is 0 Å². The van der Waals surface area contributed by atoms with Gasteiger partial charge in [0.1, 0.15) is 0 Å². The van der Waals surface area contributed by atoms with Crippen LogP contribution in [-0.2, 0) is 6.54 Å². The average molecular weight is 432 g/mol. The first-order valence-electron chi connectivity index (χ1n) is 9.11. The monoisotopic (exact) mass is 431 g/mol. The highest BCUT2D eigenvalue weighted by Crippen LogP contribution is 2.20. The Kier molecular flexibility index (Phi) is 8.66. The normalized spacial score (nSPS) is 15.9. The molecule has 1 aliphatic heterocycles. The maximum atomic E-state index is 12.9. The average Bonchev–Trinajstić information content (AvgIpc) is 3.10. The van der Waals surface area contributed by atoms with Gasteiger partial charge in [0.05, 0.1) is 10.9 Å². The standard InChI is InChI=1S/C18H25N5O3.2ClH/c1-4-7-23-15-14(17(25)22-18(23)26)12(8-13(21-15)10(2)3)16(24)20-11-5-6-19-9-11;;/h8,10-11,19H,4-7,9H2,1-3H3,(H,20,24)(H,22,25,26);2*1H. The molecule has 156 valence electrons. The number of carbonyl (C=O) groups is 1. The number of aryl methyl sites for hydroxylation is 1. The molecule has 0 aliphatic carbocycles. The van der Waals surface area contributed by atoms with Gasteiger partial charge in [0.25, 0.3) is 11.5 Å². The highest BCUT2D eigenvalue weighted by molar-refractivity contribution is 6.05. The number of halogens is 2. The molecular formula is C18H27Cl2N5O3. The number of pyridine rings is 1. The largest absolute Gasteiger partial charge is 0.348 e. The van der Waals surface area contributed by atoms with Crippen molar-refractivity contribution in [3.8, 4) is 0 Å². The van der Waals surface area contributed by atoms with E-state index in [9.17, 15) is 14.4 Å². The summed E-state index contributed by atoms with van der Waals surface area (Å²) in [6.45, 7) is 7.86. The summed E-state index contributed by atoms with van der Waals surface area (Å²) < 4.78 is 1.44. The van der Waals surface area contributed by atoms with Crippen molar-refractivity contribution in [3.05, 3.63) is 38.2 Å². The van der Waals surface area contributed by atoms with Gasteiger partial charge in [0.15, 0.2) is 5.65 Å². The molecule has 2 aromatic rings. The van der Waals surface area contributed by atoms with Gasteiger partial charge >= 0.3 is 5.69 Å². The van der Waals surface area contributed by atoms with E-state index in [4.69, 9.17) is 0 Å². The second-order valence-corrected chi connectivity index (χ2v) is 7.02. The fraction of sp³-hybridized carbons (Fsp3) is 0.556. The van der Waals surface area contributed by atoms with Crippen LogP contribution in [0, 0.1) is 0 Å². The number of rotatable bonds is 5. The first kappa shape index (κ1) is 24.1. The Morgan fingerprint density at radius 2 is 2.07 bits per heavy atom. The van der Waals surface area contributed by atoms with Gasteiger partial charge in [-0.05, 0) is 31.4 Å². The molecule has 1 unspecified atom stereocenters. The lowest BCUT2D eigenvalue weighted by Crippen LogP contribution is -2.38. The lowest BCUT2D eigenvalue weighted by atomic mass is 10.0. The summed E-state index contributed by atoms with van der Waals surface area (Å²) in [5, 5.41) is 6.35. The number of nitrogens with zero attached hydrogens (tertiary/aromatic N) is 2. The van der Waals surface area contributed by atoms with Gasteiger partial charge in [-0.25, -0.2) is 9.78 Å². The molecule has 28 heavy (non-hydrogen) atoms. The van der Waals surface area contributed by atoms with Crippen LogP contribution in [0.5, 0.6) is 0 Å². The van der Waals surface area contributed by atoms with Crippen molar-refractivity contribution in [1.82, 2.24) is 25.2 Å². The molecule has 0 radical (unpaired) electrons. The van der Waals surface area contributed by atoms with Crippen molar-refractivity contribution in [3.63, 3.8) is 0 Å². The predicted molar refractivity (Wildman–Crippen MR) is 114 cm³/mol. The number of carbonyl (C=O) groups excluding carboxylic acids is 1. The van der Waals surface area contributed by atoms with Gasteiger partial charge in [-0.1, -0.05) is 20.8 Å². The minimum absolute atomic E-state index is 0. The van der Waals surface area contributed by atoms with Gasteiger partial charge in [0.2, 0.25) is 0 Å². The first-order chi connectivity index (χ1) is 12.4. The van der Waals surface area contributed by atoms with Gasteiger partial charge in [-0.3, -0.25) is 19.1 Å². The molecule has 0 saturated carbocycles. The van der Waals surface area contributed by atoms with E-state index < -0.39 is 11.2 Å². The maximum Gasteiger partial charge on any atom is 0.329 e. The van der Waals surface area contributed by atoms with Crippen molar-refractivity contribution in [2.24, 2.45) is 0 Å². The van der Waals surface area contributed by atoms with E-state index in [0.717, 1.165) is 13.0 Å². The summed E-state index contributed by atoms with van der Waals surface area (Å²) in [6.07, 6.45) is 1.56. The number of fused-ring (bicyclic) bond motifs is 1. The van der Waals surface area contributed by atoms with Crippen LogP contribution in [0.1, 0.15) is 55.6 Å². The third-order valence-electron chi connectivity index (χ3n) is 4.65. The first-order valence-corrected chi connectivity index (χ1v) is 9.11. The van der Waals surface area contributed by atoms with E-state index >= 15 is 0 Å². The van der Waals surface area contributed by atoms with Crippen LogP contribution in [0.2, 0.25) is 0 Å². The van der Waals surface area contributed by atoms with Gasteiger partial charge in [-0.2, -0.15) is 0 Å². The van der Waals surface area contributed by atoms with Crippen molar-refractivity contribution in [2.45, 2.75) is 52.1 Å². The summed E-state index contributed by atoms with van der Waals surface area (Å²) in [5.74, 6) is -0.247. The number of aromatic amines is 1. The third kappa shape index (κ3) is 4.74. The van der Waals surface area contributed by atoms with Gasteiger partial charge < -0.3 is 10.6 Å². The summed E-state index contributed by atoms with van der Waals surface area (Å²) in [5.41, 5.74) is 0.166. The zero-order valence-electron chi connectivity index (χ0n) is 16.2. The van der Waals surface area contributed by atoms with Gasteiger partial charge in [0, 0.05) is 24.8 Å². The number of hydrogen-bond donors (Lipinski definition) is 3. The van der Waals surface area contributed by atoms with Crippen molar-refractivity contribution < 1.29 is 4.79 Å². The summed E-state index contributed by atoms with van der Waals surface area (Å²) in [6, 6.07) is 1.70. The Labute approximate surface area is 175 Å². The van der Waals surface area contributed by atoms with Crippen LogP contribution in [-0.4, -0.2) is 39.6 Å². The minimum atomic E-state index is -0.574. The van der Waals surface area contributed by atoms with Crippen LogP contribution >= 0.6 is 24.8 Å². The molecule has 0 aromatic carbocycles. The molecule has 3 heterocycles. The van der Waals surface area contributed by atoms with E-state index in [0.29, 0.717) is 25.2 Å². The third-order valence-corrected chi connectivity index (χ3v) is 4.65. The van der Waals surface area contributed by atoms with Crippen molar-refractivity contribution in [2.75, 3.05) is 13.1 Å². The van der Waals surface area contributed by atoms with Crippen LogP contribution < -0.4 is 21.9 Å². The fourth-order valence-corrected chi connectivity index (χ4v) is 3.24. The molecule has 1 atom stereocenters. The zero-order valence-corrected chi connectivity index (χ0v) is 17.8. The molecule has 1 aliphatic rings. The molecule has 1 amide bonds. The van der Waals surface area contributed by atoms with E-state index in [2.05, 4.69) is 20.6 Å². The Balaban J connectivity index is 0.00000196. The molecule has 3 rings (SSSR count). The highest BCUT2D eigenvalue weighted by Gasteiger charge is 2.23. The van der Waals surface area contributed by atoms with Crippen LogP contribution in [0.15, 0.2) is 15.7 Å². The SMILES string of the molecule is CCCn1c(=O)[nH]c(=O)c2c(C(=O)NC3CCNC3)cc(C(C)C)nc21.Cl.Cl. The quantitative estimate of drug-likeness (QED) is 0.665. The number of amides is 1. The van der Waals surface area contributed by atoms with Crippen LogP contribution in [0.3, 0.4) is 0 Å². The molecule has 3 N–H and O–H groups in total. The minimum Gasteiger partial charge on any atom is -0.348 e. The molecule has 0 spiro atoms. The fourth-order valence-electron chi connectivity index (χ4n) is 3.24.